The van der Waals surface area contributed by atoms with Crippen molar-refractivity contribution in [2.24, 2.45) is 5.73 Å². The summed E-state index contributed by atoms with van der Waals surface area (Å²) in [5.41, 5.74) is 8.17. The highest BCUT2D eigenvalue weighted by Crippen LogP contribution is 2.19. The van der Waals surface area contributed by atoms with Crippen LogP contribution in [0.2, 0.25) is 0 Å². The van der Waals surface area contributed by atoms with E-state index in [0.29, 0.717) is 5.70 Å². The molecule has 0 saturated carbocycles. The van der Waals surface area contributed by atoms with Gasteiger partial charge in [-0.3, -0.25) is 0 Å². The van der Waals surface area contributed by atoms with E-state index in [0.717, 1.165) is 16.4 Å². The van der Waals surface area contributed by atoms with Crippen molar-refractivity contribution >= 4 is 23.1 Å². The van der Waals surface area contributed by atoms with E-state index in [1.165, 1.54) is 0 Å². The van der Waals surface area contributed by atoms with Crippen LogP contribution in [0.3, 0.4) is 0 Å². The Morgan fingerprint density at radius 1 is 1.60 bits per heavy atom. The second-order valence-electron chi connectivity index (χ2n) is 3.04. The molecule has 0 aliphatic rings. The molecule has 0 bridgehead atoms. The Balaban J connectivity index is 2.69. The fourth-order valence-corrected chi connectivity index (χ4v) is 1.86. The van der Waals surface area contributed by atoms with Crippen LogP contribution in [-0.2, 0) is 0 Å². The van der Waals surface area contributed by atoms with Crippen LogP contribution in [0.15, 0.2) is 29.7 Å². The number of hydrogen-bond donors (Lipinski definition) is 1. The lowest BCUT2D eigenvalue weighted by atomic mass is 10.3. The molecule has 4 nitrogen and oxygen atoms in total. The fourth-order valence-electron chi connectivity index (χ4n) is 1.33. The topological polar surface area (TPSA) is 56.2 Å². The van der Waals surface area contributed by atoms with Gasteiger partial charge in [0.15, 0.2) is 5.65 Å². The Morgan fingerprint density at radius 3 is 3.07 bits per heavy atom. The highest BCUT2D eigenvalue weighted by atomic mass is 32.2. The zero-order valence-electron chi connectivity index (χ0n) is 8.64. The second kappa shape index (κ2) is 3.94. The third kappa shape index (κ3) is 1.70. The van der Waals surface area contributed by atoms with Crippen LogP contribution < -0.4 is 5.73 Å². The summed E-state index contributed by atoms with van der Waals surface area (Å²) in [4.78, 5) is 8.68. The molecule has 2 heterocycles. The van der Waals surface area contributed by atoms with E-state index in [4.69, 9.17) is 5.73 Å². The Morgan fingerprint density at radius 2 is 2.40 bits per heavy atom. The van der Waals surface area contributed by atoms with Gasteiger partial charge in [-0.2, -0.15) is 0 Å². The first-order valence-corrected chi connectivity index (χ1v) is 5.78. The van der Waals surface area contributed by atoms with Crippen molar-refractivity contribution in [2.45, 2.75) is 11.9 Å². The normalized spacial score (nSPS) is 12.3. The van der Waals surface area contributed by atoms with Gasteiger partial charge >= 0.3 is 0 Å². The van der Waals surface area contributed by atoms with Gasteiger partial charge in [0.2, 0.25) is 0 Å². The first kappa shape index (κ1) is 10.0. The highest BCUT2D eigenvalue weighted by Gasteiger charge is 2.07. The molecule has 0 saturated heterocycles. The fraction of sp³-hybridized carbons (Fsp3) is 0.200. The van der Waals surface area contributed by atoms with Gasteiger partial charge in [0.25, 0.3) is 0 Å². The molecule has 78 valence electrons. The predicted molar refractivity (Wildman–Crippen MR) is 62.6 cm³/mol. The first-order valence-electron chi connectivity index (χ1n) is 4.56. The van der Waals surface area contributed by atoms with Crippen molar-refractivity contribution in [3.63, 3.8) is 0 Å². The summed E-state index contributed by atoms with van der Waals surface area (Å²) in [5.74, 6) is 0. The maximum Gasteiger partial charge on any atom is 0.169 e. The Kier molecular flexibility index (Phi) is 2.64. The molecule has 0 atom stereocenters. The van der Waals surface area contributed by atoms with E-state index in [-0.39, 0.29) is 0 Å². The molecule has 0 spiro atoms. The lowest BCUT2D eigenvalue weighted by Crippen LogP contribution is -2.02. The van der Waals surface area contributed by atoms with Crippen molar-refractivity contribution in [1.82, 2.24) is 14.4 Å². The smallest absolute Gasteiger partial charge is 0.169 e. The highest BCUT2D eigenvalue weighted by molar-refractivity contribution is 7.98. The summed E-state index contributed by atoms with van der Waals surface area (Å²) in [6.45, 7) is 1.90. The average molecular weight is 220 g/mol. The molecule has 0 unspecified atom stereocenters. The van der Waals surface area contributed by atoms with Gasteiger partial charge in [0, 0.05) is 18.6 Å². The number of imidazole rings is 1. The summed E-state index contributed by atoms with van der Waals surface area (Å²) in [6, 6.07) is 0. The molecule has 0 aliphatic heterocycles. The van der Waals surface area contributed by atoms with Gasteiger partial charge in [-0.1, -0.05) is 6.08 Å². The van der Waals surface area contributed by atoms with Crippen LogP contribution in [0.25, 0.3) is 11.3 Å². The molecule has 2 N–H and O–H groups in total. The van der Waals surface area contributed by atoms with Crippen molar-refractivity contribution < 1.29 is 0 Å². The summed E-state index contributed by atoms with van der Waals surface area (Å²) >= 11 is 1.57. The molecule has 5 heteroatoms. The van der Waals surface area contributed by atoms with E-state index >= 15 is 0 Å². The molecular formula is C10H12N4S. The number of nitrogens with zero attached hydrogens (tertiary/aromatic N) is 3. The van der Waals surface area contributed by atoms with Gasteiger partial charge in [-0.25, -0.2) is 9.97 Å². The molecule has 0 radical (unpaired) electrons. The monoisotopic (exact) mass is 220 g/mol. The molecule has 0 aromatic carbocycles. The minimum Gasteiger partial charge on any atom is -0.397 e. The third-order valence-electron chi connectivity index (χ3n) is 2.14. The number of allylic oxidation sites excluding steroid dienone is 1. The number of nitrogens with two attached hydrogens (primary N) is 1. The zero-order chi connectivity index (χ0) is 10.8. The maximum atomic E-state index is 5.83. The minimum absolute atomic E-state index is 0.681. The van der Waals surface area contributed by atoms with Crippen LogP contribution in [0.5, 0.6) is 0 Å². The standard InChI is InChI=1S/C10H12N4S/c1-3-7(11)8-6-14-5-4-12-9(14)10(13-8)15-2/h3-6H,11H2,1-2H3/b7-3-. The van der Waals surface area contributed by atoms with Gasteiger partial charge in [0.1, 0.15) is 10.7 Å². The number of thioether (sulfide) groups is 1. The quantitative estimate of drug-likeness (QED) is 0.784. The van der Waals surface area contributed by atoms with E-state index < -0.39 is 0 Å². The molecule has 0 amide bonds. The van der Waals surface area contributed by atoms with Crippen LogP contribution in [0.4, 0.5) is 0 Å². The van der Waals surface area contributed by atoms with Crippen LogP contribution in [-0.4, -0.2) is 20.6 Å². The van der Waals surface area contributed by atoms with Crippen molar-refractivity contribution in [3.05, 3.63) is 30.4 Å². The molecule has 15 heavy (non-hydrogen) atoms. The van der Waals surface area contributed by atoms with Gasteiger partial charge in [-0.15, -0.1) is 11.8 Å². The van der Waals surface area contributed by atoms with Crippen molar-refractivity contribution in [2.75, 3.05) is 6.26 Å². The molecule has 2 aromatic rings. The average Bonchev–Trinajstić information content (AvgIpc) is 2.74. The van der Waals surface area contributed by atoms with Gasteiger partial charge in [0.05, 0.1) is 5.70 Å². The number of hydrogen-bond acceptors (Lipinski definition) is 4. The third-order valence-corrected chi connectivity index (χ3v) is 2.80. The summed E-state index contributed by atoms with van der Waals surface area (Å²) in [5, 5.41) is 0.891. The molecule has 0 fully saturated rings. The van der Waals surface area contributed by atoms with Crippen LogP contribution in [0.1, 0.15) is 12.6 Å². The van der Waals surface area contributed by atoms with E-state index in [1.807, 2.05) is 36.0 Å². The lowest BCUT2D eigenvalue weighted by Gasteiger charge is -2.05. The predicted octanol–water partition coefficient (Wildman–Crippen LogP) is 1.77. The van der Waals surface area contributed by atoms with E-state index in [9.17, 15) is 0 Å². The second-order valence-corrected chi connectivity index (χ2v) is 3.83. The Hall–Kier alpha value is -1.49. The molecule has 2 rings (SSSR count). The summed E-state index contributed by atoms with van der Waals surface area (Å²) in [6.07, 6.45) is 9.36. The lowest BCUT2D eigenvalue weighted by molar-refractivity contribution is 1.01. The van der Waals surface area contributed by atoms with E-state index in [2.05, 4.69) is 9.97 Å². The van der Waals surface area contributed by atoms with Crippen LogP contribution >= 0.6 is 11.8 Å². The summed E-state index contributed by atoms with van der Waals surface area (Å²) < 4.78 is 1.94. The molecular weight excluding hydrogens is 208 g/mol. The SMILES string of the molecule is C/C=C(\N)c1cn2ccnc2c(SC)n1. The largest absolute Gasteiger partial charge is 0.397 e. The maximum absolute atomic E-state index is 5.83. The Bertz CT molecular complexity index is 515. The van der Waals surface area contributed by atoms with Gasteiger partial charge < -0.3 is 10.1 Å². The van der Waals surface area contributed by atoms with Crippen molar-refractivity contribution in [3.8, 4) is 0 Å². The number of aromatic nitrogens is 3. The van der Waals surface area contributed by atoms with Crippen molar-refractivity contribution in [1.29, 1.82) is 0 Å². The number of rotatable bonds is 2. The first-order chi connectivity index (χ1) is 7.26. The van der Waals surface area contributed by atoms with E-state index in [1.54, 1.807) is 18.0 Å². The minimum atomic E-state index is 0.681. The Labute approximate surface area is 92.2 Å². The summed E-state index contributed by atoms with van der Waals surface area (Å²) in [7, 11) is 0. The molecule has 2 aromatic heterocycles. The number of fused-ring (bicyclic) bond motifs is 1. The zero-order valence-corrected chi connectivity index (χ0v) is 9.45. The van der Waals surface area contributed by atoms with Gasteiger partial charge in [-0.05, 0) is 13.2 Å². The molecule has 0 aliphatic carbocycles. The van der Waals surface area contributed by atoms with Crippen LogP contribution in [0, 0.1) is 0 Å².